The molecule has 0 aliphatic carbocycles. The third kappa shape index (κ3) is 4.42. The second-order valence-corrected chi connectivity index (χ2v) is 5.29. The van der Waals surface area contributed by atoms with Crippen molar-refractivity contribution in [3.8, 4) is 0 Å². The Morgan fingerprint density at radius 3 is 1.82 bits per heavy atom. The molecule has 1 unspecified atom stereocenters. The molecule has 0 aliphatic rings. The highest BCUT2D eigenvalue weighted by molar-refractivity contribution is 8.13. The van der Waals surface area contributed by atoms with Gasteiger partial charge in [-0.1, -0.05) is 18.7 Å². The van der Waals surface area contributed by atoms with Gasteiger partial charge in [0.1, 0.15) is 0 Å². The van der Waals surface area contributed by atoms with Crippen molar-refractivity contribution in [2.45, 2.75) is 49.9 Å². The number of hydrogen-bond acceptors (Lipinski definition) is 2. The van der Waals surface area contributed by atoms with Crippen molar-refractivity contribution in [3.63, 3.8) is 0 Å². The van der Waals surface area contributed by atoms with Gasteiger partial charge in [-0.25, -0.2) is 13.2 Å². The zero-order chi connectivity index (χ0) is 18.0. The Kier molecular flexibility index (Phi) is 6.62. The number of thioether (sulfide) groups is 1. The SMILES string of the molecule is CCC(=O)SCCC(F)(F)C(F)C(F)(F)C(F)(F)C(F)(F)F. The summed E-state index contributed by atoms with van der Waals surface area (Å²) in [5.41, 5.74) is 0. The van der Waals surface area contributed by atoms with Crippen LogP contribution in [0.1, 0.15) is 19.8 Å². The fraction of sp³-hybridized carbons (Fsp3) is 0.900. The highest BCUT2D eigenvalue weighted by Gasteiger charge is 2.79. The van der Waals surface area contributed by atoms with Crippen molar-refractivity contribution in [3.05, 3.63) is 0 Å². The zero-order valence-electron chi connectivity index (χ0n) is 10.8. The van der Waals surface area contributed by atoms with E-state index in [1.54, 1.807) is 0 Å². The fourth-order valence-corrected chi connectivity index (χ4v) is 1.95. The van der Waals surface area contributed by atoms with Gasteiger partial charge in [-0.05, 0) is 0 Å². The second kappa shape index (κ2) is 6.83. The zero-order valence-corrected chi connectivity index (χ0v) is 11.6. The molecule has 0 N–H and O–H groups in total. The maximum absolute atomic E-state index is 13.1. The Morgan fingerprint density at radius 1 is 1.00 bits per heavy atom. The van der Waals surface area contributed by atoms with Crippen LogP contribution in [0.15, 0.2) is 0 Å². The minimum Gasteiger partial charge on any atom is -0.287 e. The molecule has 22 heavy (non-hydrogen) atoms. The molecule has 132 valence electrons. The van der Waals surface area contributed by atoms with Gasteiger partial charge in [-0.15, -0.1) is 0 Å². The van der Waals surface area contributed by atoms with E-state index < -0.39 is 47.4 Å². The van der Waals surface area contributed by atoms with Gasteiger partial charge < -0.3 is 0 Å². The Balaban J connectivity index is 5.12. The molecule has 0 aliphatic heterocycles. The van der Waals surface area contributed by atoms with E-state index in [0.717, 1.165) is 0 Å². The van der Waals surface area contributed by atoms with E-state index in [2.05, 4.69) is 0 Å². The van der Waals surface area contributed by atoms with Crippen molar-refractivity contribution in [1.29, 1.82) is 0 Å². The van der Waals surface area contributed by atoms with Crippen molar-refractivity contribution in [2.75, 3.05) is 5.75 Å². The van der Waals surface area contributed by atoms with Crippen LogP contribution in [0.4, 0.5) is 43.9 Å². The Hall–Kier alpha value is -0.680. The van der Waals surface area contributed by atoms with Crippen molar-refractivity contribution in [2.24, 2.45) is 0 Å². The van der Waals surface area contributed by atoms with E-state index in [1.807, 2.05) is 0 Å². The summed E-state index contributed by atoms with van der Waals surface area (Å²) in [5, 5.41) is -0.654. The Bertz CT molecular complexity index is 392. The summed E-state index contributed by atoms with van der Waals surface area (Å²) in [4.78, 5) is 10.8. The van der Waals surface area contributed by atoms with Crippen LogP contribution in [-0.2, 0) is 4.79 Å². The van der Waals surface area contributed by atoms with Gasteiger partial charge in [0.25, 0.3) is 5.92 Å². The largest absolute Gasteiger partial charge is 0.459 e. The molecule has 12 heteroatoms. The van der Waals surface area contributed by atoms with Crippen LogP contribution >= 0.6 is 11.8 Å². The van der Waals surface area contributed by atoms with E-state index in [1.165, 1.54) is 6.92 Å². The Labute approximate surface area is 122 Å². The maximum atomic E-state index is 13.1. The molecular formula is C10H10F10OS. The Morgan fingerprint density at radius 2 is 1.45 bits per heavy atom. The molecule has 0 heterocycles. The predicted octanol–water partition coefficient (Wildman–Crippen LogP) is 4.85. The van der Waals surface area contributed by atoms with Crippen molar-refractivity contribution >= 4 is 16.9 Å². The summed E-state index contributed by atoms with van der Waals surface area (Å²) < 4.78 is 125. The van der Waals surface area contributed by atoms with E-state index >= 15 is 0 Å². The standard InChI is InChI=1S/C10H10F10OS/c1-2-5(21)22-4-3-7(12,13)6(11)8(14,15)9(16,17)10(18,19)20/h6H,2-4H2,1H3. The molecule has 0 aromatic carbocycles. The third-order valence-electron chi connectivity index (χ3n) is 2.45. The normalized spacial score (nSPS) is 15.8. The highest BCUT2D eigenvalue weighted by Crippen LogP contribution is 2.52. The van der Waals surface area contributed by atoms with Crippen LogP contribution in [-0.4, -0.2) is 41.0 Å². The summed E-state index contributed by atoms with van der Waals surface area (Å²) in [6, 6.07) is 0. The van der Waals surface area contributed by atoms with Gasteiger partial charge in [0.2, 0.25) is 6.17 Å². The molecule has 0 bridgehead atoms. The van der Waals surface area contributed by atoms with Gasteiger partial charge in [0.15, 0.2) is 5.12 Å². The van der Waals surface area contributed by atoms with E-state index in [0.29, 0.717) is 0 Å². The first-order chi connectivity index (χ1) is 9.61. The molecule has 0 fully saturated rings. The number of carbonyl (C=O) groups is 1. The van der Waals surface area contributed by atoms with Gasteiger partial charge in [0, 0.05) is 18.6 Å². The summed E-state index contributed by atoms with van der Waals surface area (Å²) >= 11 is 0.204. The van der Waals surface area contributed by atoms with Crippen LogP contribution in [0.3, 0.4) is 0 Å². The minimum absolute atomic E-state index is 0.113. The number of hydrogen-bond donors (Lipinski definition) is 0. The first-order valence-corrected chi connectivity index (χ1v) is 6.59. The smallest absolute Gasteiger partial charge is 0.287 e. The first kappa shape index (κ1) is 21.3. The van der Waals surface area contributed by atoms with Crippen molar-refractivity contribution in [1.82, 2.24) is 0 Å². The van der Waals surface area contributed by atoms with Crippen LogP contribution in [0, 0.1) is 0 Å². The lowest BCUT2D eigenvalue weighted by atomic mass is 9.99. The molecule has 1 nitrogen and oxygen atoms in total. The van der Waals surface area contributed by atoms with Crippen LogP contribution in [0.25, 0.3) is 0 Å². The summed E-state index contributed by atoms with van der Waals surface area (Å²) in [7, 11) is 0. The quantitative estimate of drug-likeness (QED) is 0.598. The number of rotatable bonds is 7. The van der Waals surface area contributed by atoms with Gasteiger partial charge in [-0.3, -0.25) is 4.79 Å². The van der Waals surface area contributed by atoms with Crippen LogP contribution in [0.5, 0.6) is 0 Å². The molecule has 0 aromatic heterocycles. The van der Waals surface area contributed by atoms with Gasteiger partial charge in [-0.2, -0.15) is 30.7 Å². The molecule has 0 aromatic rings. The molecule has 0 saturated carbocycles. The van der Waals surface area contributed by atoms with E-state index in [-0.39, 0.29) is 18.2 Å². The average molecular weight is 368 g/mol. The van der Waals surface area contributed by atoms with Gasteiger partial charge in [0.05, 0.1) is 0 Å². The summed E-state index contributed by atoms with van der Waals surface area (Å²) in [5.74, 6) is -19.7. The van der Waals surface area contributed by atoms with Crippen molar-refractivity contribution < 1.29 is 48.7 Å². The lowest BCUT2D eigenvalue weighted by Gasteiger charge is -2.33. The van der Waals surface area contributed by atoms with E-state index in [4.69, 9.17) is 0 Å². The molecular weight excluding hydrogens is 358 g/mol. The predicted molar refractivity (Wildman–Crippen MR) is 58.2 cm³/mol. The molecule has 0 saturated heterocycles. The highest BCUT2D eigenvalue weighted by atomic mass is 32.2. The summed E-state index contributed by atoms with van der Waals surface area (Å²) in [6.45, 7) is 1.34. The summed E-state index contributed by atoms with van der Waals surface area (Å²) in [6.07, 6.45) is -13.9. The lowest BCUT2D eigenvalue weighted by molar-refractivity contribution is -0.377. The average Bonchev–Trinajstić information content (AvgIpc) is 2.35. The van der Waals surface area contributed by atoms with Gasteiger partial charge >= 0.3 is 18.0 Å². The number of halogens is 10. The maximum Gasteiger partial charge on any atom is 0.459 e. The minimum atomic E-state index is -6.96. The van der Waals surface area contributed by atoms with E-state index in [9.17, 15) is 48.7 Å². The molecule has 0 spiro atoms. The molecule has 0 rings (SSSR count). The van der Waals surface area contributed by atoms with Crippen LogP contribution in [0.2, 0.25) is 0 Å². The topological polar surface area (TPSA) is 17.1 Å². The third-order valence-corrected chi connectivity index (χ3v) is 3.47. The monoisotopic (exact) mass is 368 g/mol. The first-order valence-electron chi connectivity index (χ1n) is 5.61. The number of carbonyl (C=O) groups excluding carboxylic acids is 1. The van der Waals surface area contributed by atoms with Crippen LogP contribution < -0.4 is 0 Å². The second-order valence-electron chi connectivity index (χ2n) is 4.14. The fourth-order valence-electron chi connectivity index (χ4n) is 1.14. The lowest BCUT2D eigenvalue weighted by Crippen LogP contribution is -2.60. The molecule has 1 atom stereocenters. The number of alkyl halides is 10. The molecule has 0 amide bonds. The molecule has 0 radical (unpaired) electrons.